The molecule has 4 rings (SSSR count). The maximum Gasteiger partial charge on any atom is 0.287 e. The summed E-state index contributed by atoms with van der Waals surface area (Å²) in [4.78, 5) is 13.1. The molecule has 3 heterocycles. The number of amides is 1. The fraction of sp³-hybridized carbons (Fsp3) is 0.250. The number of hydrogen-bond acceptors (Lipinski definition) is 6. The number of hydrogen-bond donors (Lipinski definition) is 1. The van der Waals surface area contributed by atoms with Crippen molar-refractivity contribution in [3.05, 3.63) is 65.0 Å². The molecule has 1 amide bonds. The normalized spacial score (nSPS) is 15.2. The molecule has 10 heteroatoms. The van der Waals surface area contributed by atoms with Crippen molar-refractivity contribution in [3.8, 4) is 11.3 Å². The standard InChI is InChI=1S/C20H19FN2O5S2/c21-15-3-1-14(2-4-15)17-6-7-18(28-17)20(24)22-13-16-5-8-19(29-16)30(25,26)23-9-11-27-12-10-23/h1-8H,9-13H2,(H,22,24). The number of sulfonamides is 1. The predicted molar refractivity (Wildman–Crippen MR) is 109 cm³/mol. The van der Waals surface area contributed by atoms with Crippen molar-refractivity contribution in [1.82, 2.24) is 9.62 Å². The molecule has 1 aliphatic heterocycles. The lowest BCUT2D eigenvalue weighted by Gasteiger charge is -2.25. The van der Waals surface area contributed by atoms with E-state index in [0.717, 1.165) is 11.3 Å². The molecule has 1 aromatic carbocycles. The number of benzene rings is 1. The van der Waals surface area contributed by atoms with Crippen LogP contribution in [0.4, 0.5) is 4.39 Å². The molecule has 1 N–H and O–H groups in total. The summed E-state index contributed by atoms with van der Waals surface area (Å²) in [7, 11) is -3.55. The van der Waals surface area contributed by atoms with Crippen molar-refractivity contribution in [2.24, 2.45) is 0 Å². The highest BCUT2D eigenvalue weighted by molar-refractivity contribution is 7.91. The highest BCUT2D eigenvalue weighted by Crippen LogP contribution is 2.26. The zero-order valence-corrected chi connectivity index (χ0v) is 17.5. The molecule has 0 atom stereocenters. The first-order valence-corrected chi connectivity index (χ1v) is 11.5. The quantitative estimate of drug-likeness (QED) is 0.624. The zero-order chi connectivity index (χ0) is 21.1. The number of ether oxygens (including phenoxy) is 1. The third kappa shape index (κ3) is 4.46. The molecule has 30 heavy (non-hydrogen) atoms. The zero-order valence-electron chi connectivity index (χ0n) is 15.8. The van der Waals surface area contributed by atoms with E-state index in [1.807, 2.05) is 0 Å². The van der Waals surface area contributed by atoms with Crippen molar-refractivity contribution in [2.45, 2.75) is 10.8 Å². The van der Waals surface area contributed by atoms with Gasteiger partial charge in [-0.1, -0.05) is 0 Å². The average molecular weight is 451 g/mol. The second-order valence-electron chi connectivity index (χ2n) is 6.59. The van der Waals surface area contributed by atoms with Gasteiger partial charge in [-0.05, 0) is 48.5 Å². The Kier molecular flexibility index (Phi) is 6.00. The van der Waals surface area contributed by atoms with E-state index in [-0.39, 0.29) is 22.3 Å². The van der Waals surface area contributed by atoms with Gasteiger partial charge in [0.25, 0.3) is 15.9 Å². The van der Waals surface area contributed by atoms with Gasteiger partial charge in [0.2, 0.25) is 0 Å². The lowest BCUT2D eigenvalue weighted by molar-refractivity contribution is 0.0731. The summed E-state index contributed by atoms with van der Waals surface area (Å²) in [6, 6.07) is 12.2. The van der Waals surface area contributed by atoms with Gasteiger partial charge in [-0.2, -0.15) is 4.31 Å². The number of rotatable bonds is 6. The predicted octanol–water partition coefficient (Wildman–Crippen LogP) is 3.10. The van der Waals surface area contributed by atoms with E-state index in [1.165, 1.54) is 22.5 Å². The van der Waals surface area contributed by atoms with E-state index in [2.05, 4.69) is 5.32 Å². The van der Waals surface area contributed by atoms with Gasteiger partial charge in [0.15, 0.2) is 5.76 Å². The van der Waals surface area contributed by atoms with Crippen LogP contribution in [0, 0.1) is 5.82 Å². The summed E-state index contributed by atoms with van der Waals surface area (Å²) in [6.07, 6.45) is 0. The van der Waals surface area contributed by atoms with E-state index in [4.69, 9.17) is 9.15 Å². The summed E-state index contributed by atoms with van der Waals surface area (Å²) in [5.74, 6) is -0.203. The molecule has 0 unspecified atom stereocenters. The third-order valence-corrected chi connectivity index (χ3v) is 8.03. The van der Waals surface area contributed by atoms with Gasteiger partial charge < -0.3 is 14.5 Å². The molecule has 2 aromatic heterocycles. The van der Waals surface area contributed by atoms with Gasteiger partial charge in [0.05, 0.1) is 19.8 Å². The Balaban J connectivity index is 1.38. The maximum absolute atomic E-state index is 13.0. The Morgan fingerprint density at radius 2 is 1.80 bits per heavy atom. The van der Waals surface area contributed by atoms with Crippen molar-refractivity contribution in [2.75, 3.05) is 26.3 Å². The minimum atomic E-state index is -3.55. The van der Waals surface area contributed by atoms with Gasteiger partial charge in [0, 0.05) is 23.5 Å². The molecule has 1 aliphatic rings. The number of carbonyl (C=O) groups excluding carboxylic acids is 1. The molecular weight excluding hydrogens is 431 g/mol. The van der Waals surface area contributed by atoms with Crippen molar-refractivity contribution >= 4 is 27.3 Å². The van der Waals surface area contributed by atoms with Crippen LogP contribution in [0.3, 0.4) is 0 Å². The Bertz CT molecular complexity index is 1130. The second-order valence-corrected chi connectivity index (χ2v) is 9.92. The Morgan fingerprint density at radius 1 is 1.07 bits per heavy atom. The number of furan rings is 1. The lowest BCUT2D eigenvalue weighted by atomic mass is 10.2. The number of nitrogens with zero attached hydrogens (tertiary/aromatic N) is 1. The van der Waals surface area contributed by atoms with Crippen LogP contribution in [-0.2, 0) is 21.3 Å². The van der Waals surface area contributed by atoms with Crippen molar-refractivity contribution in [3.63, 3.8) is 0 Å². The topological polar surface area (TPSA) is 88.9 Å². The van der Waals surface area contributed by atoms with E-state index in [1.54, 1.807) is 30.3 Å². The van der Waals surface area contributed by atoms with Crippen LogP contribution in [0.5, 0.6) is 0 Å². The first-order valence-electron chi connectivity index (χ1n) is 9.24. The van der Waals surface area contributed by atoms with Gasteiger partial charge in [-0.3, -0.25) is 4.79 Å². The summed E-state index contributed by atoms with van der Waals surface area (Å²) in [5.41, 5.74) is 0.659. The minimum Gasteiger partial charge on any atom is -0.451 e. The monoisotopic (exact) mass is 450 g/mol. The van der Waals surface area contributed by atoms with E-state index in [0.29, 0.717) is 42.5 Å². The number of nitrogens with one attached hydrogen (secondary N) is 1. The lowest BCUT2D eigenvalue weighted by Crippen LogP contribution is -2.40. The molecular formula is C20H19FN2O5S2. The molecule has 0 aliphatic carbocycles. The maximum atomic E-state index is 13.0. The molecule has 0 saturated carbocycles. The fourth-order valence-corrected chi connectivity index (χ4v) is 5.85. The van der Waals surface area contributed by atoms with Crippen LogP contribution in [-0.4, -0.2) is 44.9 Å². The van der Waals surface area contributed by atoms with Crippen LogP contribution < -0.4 is 5.32 Å². The van der Waals surface area contributed by atoms with Crippen LogP contribution >= 0.6 is 11.3 Å². The van der Waals surface area contributed by atoms with Crippen LogP contribution in [0.15, 0.2) is 57.2 Å². The summed E-state index contributed by atoms with van der Waals surface area (Å²) in [6.45, 7) is 1.62. The molecule has 7 nitrogen and oxygen atoms in total. The minimum absolute atomic E-state index is 0.118. The van der Waals surface area contributed by atoms with Crippen LogP contribution in [0.1, 0.15) is 15.4 Å². The van der Waals surface area contributed by atoms with Gasteiger partial charge in [-0.15, -0.1) is 11.3 Å². The van der Waals surface area contributed by atoms with Crippen molar-refractivity contribution in [1.29, 1.82) is 0 Å². The summed E-state index contributed by atoms with van der Waals surface area (Å²) >= 11 is 1.12. The second kappa shape index (κ2) is 8.68. The van der Waals surface area contributed by atoms with Crippen LogP contribution in [0.25, 0.3) is 11.3 Å². The third-order valence-electron chi connectivity index (χ3n) is 4.58. The number of halogens is 1. The number of thiophene rings is 1. The Hall–Kier alpha value is -2.53. The molecule has 0 bridgehead atoms. The van der Waals surface area contributed by atoms with E-state index >= 15 is 0 Å². The molecule has 0 spiro atoms. The SMILES string of the molecule is O=C(NCc1ccc(S(=O)(=O)N2CCOCC2)s1)c1ccc(-c2ccc(F)cc2)o1. The highest BCUT2D eigenvalue weighted by atomic mass is 32.2. The summed E-state index contributed by atoms with van der Waals surface area (Å²) in [5, 5.41) is 2.72. The molecule has 0 radical (unpaired) electrons. The molecule has 3 aromatic rings. The summed E-state index contributed by atoms with van der Waals surface area (Å²) < 4.78 is 50.8. The number of carbonyl (C=O) groups is 1. The highest BCUT2D eigenvalue weighted by Gasteiger charge is 2.27. The fourth-order valence-electron chi connectivity index (χ4n) is 2.99. The van der Waals surface area contributed by atoms with Crippen molar-refractivity contribution < 1.29 is 26.8 Å². The number of morpholine rings is 1. The Labute approximate surface area is 177 Å². The van der Waals surface area contributed by atoms with E-state index in [9.17, 15) is 17.6 Å². The smallest absolute Gasteiger partial charge is 0.287 e. The first-order chi connectivity index (χ1) is 14.4. The molecule has 158 valence electrons. The van der Waals surface area contributed by atoms with Gasteiger partial charge in [0.1, 0.15) is 15.8 Å². The van der Waals surface area contributed by atoms with Gasteiger partial charge >= 0.3 is 0 Å². The molecule has 1 fully saturated rings. The van der Waals surface area contributed by atoms with Crippen LogP contribution in [0.2, 0.25) is 0 Å². The first kappa shape index (κ1) is 20.7. The van der Waals surface area contributed by atoms with Gasteiger partial charge in [-0.25, -0.2) is 12.8 Å². The largest absolute Gasteiger partial charge is 0.451 e. The van der Waals surface area contributed by atoms with E-state index < -0.39 is 15.9 Å². The Morgan fingerprint density at radius 3 is 2.53 bits per heavy atom. The molecule has 1 saturated heterocycles. The average Bonchev–Trinajstić information content (AvgIpc) is 3.44.